The number of nitrogen functional groups attached to an aromatic ring is 1. The smallest absolute Gasteiger partial charge is 0.390 e. The van der Waals surface area contributed by atoms with Gasteiger partial charge in [0, 0.05) is 18.7 Å². The first kappa shape index (κ1) is 25.4. The highest BCUT2D eigenvalue weighted by Gasteiger charge is 2.48. The number of benzene rings is 1. The molecule has 1 aromatic carbocycles. The zero-order valence-corrected chi connectivity index (χ0v) is 19.2. The number of hydrogen-bond donors (Lipinski definition) is 3. The van der Waals surface area contributed by atoms with E-state index in [0.29, 0.717) is 5.56 Å². The number of rotatable bonds is 6. The fraction of sp³-hybridized carbons (Fsp3) is 0.316. The number of nitrogens with one attached hydrogen (secondary N) is 1. The van der Waals surface area contributed by atoms with Gasteiger partial charge in [-0.15, -0.1) is 0 Å². The Labute approximate surface area is 201 Å². The molecule has 2 aromatic heterocycles. The minimum atomic E-state index is -5.47. The van der Waals surface area contributed by atoms with Gasteiger partial charge in [0.25, 0.3) is 10.0 Å². The quantitative estimate of drug-likeness (QED) is 0.366. The molecule has 4 rings (SSSR count). The summed E-state index contributed by atoms with van der Waals surface area (Å²) >= 11 is 0. The summed E-state index contributed by atoms with van der Waals surface area (Å²) in [5.74, 6) is -2.63. The predicted octanol–water partition coefficient (Wildman–Crippen LogP) is -0.0412. The molecule has 1 aliphatic heterocycles. The molecular weight excluding hydrogens is 509 g/mol. The number of carbonyl (C=O) groups is 1. The number of anilines is 1. The predicted molar refractivity (Wildman–Crippen MR) is 115 cm³/mol. The lowest BCUT2D eigenvalue weighted by molar-refractivity contribution is -0.228. The van der Waals surface area contributed by atoms with Crippen LogP contribution in [0.5, 0.6) is 0 Å². The fourth-order valence-electron chi connectivity index (χ4n) is 3.44. The number of β-amino-alcohol motifs (C(OH)–C–C–N with tert-alkyl or cyclic N) is 1. The second-order valence-electron chi connectivity index (χ2n) is 7.71. The van der Waals surface area contributed by atoms with Gasteiger partial charge in [0.1, 0.15) is 18.7 Å². The average molecular weight is 528 g/mol. The molecular formula is C19H19F3N8O5S. The van der Waals surface area contributed by atoms with Crippen LogP contribution >= 0.6 is 0 Å². The molecule has 0 aliphatic carbocycles. The molecule has 2 atom stereocenters. The molecule has 0 spiro atoms. The van der Waals surface area contributed by atoms with Gasteiger partial charge >= 0.3 is 12.1 Å². The lowest BCUT2D eigenvalue weighted by atomic mass is 10.1. The number of aryl methyl sites for hydroxylation is 1. The molecule has 36 heavy (non-hydrogen) atoms. The Hall–Kier alpha value is -3.67. The van der Waals surface area contributed by atoms with Crippen molar-refractivity contribution in [3.63, 3.8) is 0 Å². The van der Waals surface area contributed by atoms with Crippen molar-refractivity contribution < 1.29 is 36.3 Å². The van der Waals surface area contributed by atoms with Gasteiger partial charge in [-0.3, -0.25) is 0 Å². The van der Waals surface area contributed by atoms with Gasteiger partial charge in [0.2, 0.25) is 0 Å². The summed E-state index contributed by atoms with van der Waals surface area (Å²) in [5.41, 5.74) is 6.83. The Balaban J connectivity index is 1.78. The number of hydroxylamine groups is 1. The van der Waals surface area contributed by atoms with E-state index in [2.05, 4.69) is 30.2 Å². The van der Waals surface area contributed by atoms with Crippen LogP contribution in [0, 0.1) is 6.92 Å². The number of aliphatic hydroxyl groups is 1. The van der Waals surface area contributed by atoms with E-state index in [1.54, 1.807) is 6.92 Å². The van der Waals surface area contributed by atoms with Crippen molar-refractivity contribution in [2.45, 2.75) is 30.1 Å². The maximum Gasteiger partial charge on any atom is 0.492 e. The van der Waals surface area contributed by atoms with Gasteiger partial charge in [-0.25, -0.2) is 28.2 Å². The van der Waals surface area contributed by atoms with Crippen LogP contribution in [0.4, 0.5) is 19.0 Å². The first-order valence-corrected chi connectivity index (χ1v) is 11.6. The molecule has 0 amide bonds. The van der Waals surface area contributed by atoms with Gasteiger partial charge in [-0.05, 0) is 29.1 Å². The van der Waals surface area contributed by atoms with Crippen LogP contribution in [0.15, 0.2) is 41.9 Å². The molecule has 3 heterocycles. The lowest BCUT2D eigenvalue weighted by Crippen LogP contribution is -2.49. The standard InChI is InChI=1S/C19H19F3N8O5S/c1-10-2-3-11(4-12(10)13-5-26-16(23)17(28-13)29-9-25-8-27-29)36(33,34)30(14-6-24-7-15(14)31)35-18(32)19(20,21)22/h2-5,8-9,14-15,24,31H,6-7H2,1H3,(H2,23,26)/t14-,15-/m1/s1. The van der Waals surface area contributed by atoms with Crippen LogP contribution in [0.2, 0.25) is 0 Å². The number of sulfonamides is 1. The van der Waals surface area contributed by atoms with Crippen LogP contribution in [-0.4, -0.2) is 80.1 Å². The third-order valence-corrected chi connectivity index (χ3v) is 6.93. The number of carbonyl (C=O) groups excluding carboxylic acids is 1. The maximum absolute atomic E-state index is 13.4. The van der Waals surface area contributed by atoms with Crippen LogP contribution in [0.25, 0.3) is 17.1 Å². The van der Waals surface area contributed by atoms with Crippen LogP contribution in [-0.2, 0) is 19.7 Å². The number of aliphatic hydroxyl groups excluding tert-OH is 1. The molecule has 1 saturated heterocycles. The van der Waals surface area contributed by atoms with E-state index in [4.69, 9.17) is 5.73 Å². The Bertz CT molecular complexity index is 1380. The Morgan fingerprint density at radius 2 is 2.08 bits per heavy atom. The molecule has 1 aliphatic rings. The Morgan fingerprint density at radius 1 is 1.33 bits per heavy atom. The van der Waals surface area contributed by atoms with E-state index in [9.17, 15) is 31.5 Å². The summed E-state index contributed by atoms with van der Waals surface area (Å²) in [6.07, 6.45) is -3.05. The van der Waals surface area contributed by atoms with Gasteiger partial charge in [-0.2, -0.15) is 23.0 Å². The zero-order chi connectivity index (χ0) is 26.3. The number of hydrogen-bond acceptors (Lipinski definition) is 11. The summed E-state index contributed by atoms with van der Waals surface area (Å²) in [7, 11) is -4.89. The van der Waals surface area contributed by atoms with Gasteiger partial charge < -0.3 is 21.0 Å². The van der Waals surface area contributed by atoms with E-state index < -0.39 is 39.2 Å². The number of halogens is 3. The van der Waals surface area contributed by atoms with E-state index in [1.807, 2.05) is 0 Å². The summed E-state index contributed by atoms with van der Waals surface area (Å²) in [5, 5.41) is 16.7. The molecule has 0 bridgehead atoms. The van der Waals surface area contributed by atoms with Crippen molar-refractivity contribution in [3.05, 3.63) is 42.6 Å². The van der Waals surface area contributed by atoms with E-state index in [-0.39, 0.29) is 40.5 Å². The van der Waals surface area contributed by atoms with E-state index >= 15 is 0 Å². The number of nitrogens with two attached hydrogens (primary N) is 1. The summed E-state index contributed by atoms with van der Waals surface area (Å²) in [6.45, 7) is 1.27. The number of nitrogens with zero attached hydrogens (tertiary/aromatic N) is 6. The first-order valence-electron chi connectivity index (χ1n) is 10.2. The highest BCUT2D eigenvalue weighted by atomic mass is 32.2. The summed E-state index contributed by atoms with van der Waals surface area (Å²) in [6, 6.07) is 2.16. The average Bonchev–Trinajstić information content (AvgIpc) is 3.49. The van der Waals surface area contributed by atoms with Gasteiger partial charge in [0.05, 0.1) is 22.9 Å². The van der Waals surface area contributed by atoms with E-state index in [1.165, 1.54) is 29.6 Å². The molecule has 1 fully saturated rings. The Morgan fingerprint density at radius 3 is 2.69 bits per heavy atom. The normalized spacial score (nSPS) is 18.5. The summed E-state index contributed by atoms with van der Waals surface area (Å²) in [4.78, 5) is 27.5. The fourth-order valence-corrected chi connectivity index (χ4v) is 4.89. The second-order valence-corrected chi connectivity index (χ2v) is 9.49. The third kappa shape index (κ3) is 4.85. The molecule has 13 nitrogen and oxygen atoms in total. The van der Waals surface area contributed by atoms with Crippen LogP contribution in [0.3, 0.4) is 0 Å². The number of alkyl halides is 3. The molecule has 4 N–H and O–H groups in total. The van der Waals surface area contributed by atoms with Crippen molar-refractivity contribution in [1.82, 2.24) is 34.5 Å². The molecule has 192 valence electrons. The highest BCUT2D eigenvalue weighted by molar-refractivity contribution is 7.89. The molecule has 17 heteroatoms. The maximum atomic E-state index is 13.4. The Kier molecular flexibility index (Phi) is 6.65. The largest absolute Gasteiger partial charge is 0.492 e. The first-order chi connectivity index (χ1) is 16.9. The molecule has 3 aromatic rings. The SMILES string of the molecule is Cc1ccc(S(=O)(=O)N(OC(=O)C(F)(F)F)[C@@H]2CNC[C@H]2O)cc1-c1cnc(N)c(-n2cncn2)n1. The topological polar surface area (TPSA) is 178 Å². The zero-order valence-electron chi connectivity index (χ0n) is 18.4. The van der Waals surface area contributed by atoms with Crippen LogP contribution < -0.4 is 11.1 Å². The molecule has 0 radical (unpaired) electrons. The van der Waals surface area contributed by atoms with Crippen molar-refractivity contribution in [2.24, 2.45) is 0 Å². The van der Waals surface area contributed by atoms with Crippen molar-refractivity contribution in [3.8, 4) is 17.1 Å². The molecule has 0 unspecified atom stereocenters. The monoisotopic (exact) mass is 528 g/mol. The minimum absolute atomic E-state index is 0.0126. The highest BCUT2D eigenvalue weighted by Crippen LogP contribution is 2.30. The van der Waals surface area contributed by atoms with Gasteiger partial charge in [-0.1, -0.05) is 6.07 Å². The molecule has 0 saturated carbocycles. The lowest BCUT2D eigenvalue weighted by Gasteiger charge is -2.28. The van der Waals surface area contributed by atoms with Crippen LogP contribution in [0.1, 0.15) is 5.56 Å². The van der Waals surface area contributed by atoms with Crippen molar-refractivity contribution in [1.29, 1.82) is 0 Å². The van der Waals surface area contributed by atoms with E-state index in [0.717, 1.165) is 12.1 Å². The third-order valence-electron chi connectivity index (χ3n) is 5.26. The number of aromatic nitrogens is 5. The minimum Gasteiger partial charge on any atom is -0.390 e. The van der Waals surface area contributed by atoms with Crippen molar-refractivity contribution >= 4 is 21.8 Å². The van der Waals surface area contributed by atoms with Gasteiger partial charge in [0.15, 0.2) is 11.6 Å². The summed E-state index contributed by atoms with van der Waals surface area (Å²) < 4.78 is 66.6. The van der Waals surface area contributed by atoms with Crippen molar-refractivity contribution in [2.75, 3.05) is 18.8 Å². The second kappa shape index (κ2) is 9.41.